The zero-order valence-corrected chi connectivity index (χ0v) is 10.4. The van der Waals surface area contributed by atoms with Crippen LogP contribution < -0.4 is 5.32 Å². The van der Waals surface area contributed by atoms with Gasteiger partial charge in [0.2, 0.25) is 0 Å². The summed E-state index contributed by atoms with van der Waals surface area (Å²) in [6, 6.07) is 0.187. The second kappa shape index (κ2) is 5.30. The van der Waals surface area contributed by atoms with E-state index in [4.69, 9.17) is 0 Å². The highest BCUT2D eigenvalue weighted by Crippen LogP contribution is 2.32. The molecule has 2 atom stereocenters. The maximum atomic E-state index is 12.7. The molecule has 1 aromatic rings. The van der Waals surface area contributed by atoms with Crippen LogP contribution in [0.1, 0.15) is 44.3 Å². The Bertz CT molecular complexity index is 386. The Balaban J connectivity index is 2.11. The number of nitrogens with one attached hydrogen (secondary N) is 1. The van der Waals surface area contributed by atoms with Crippen molar-refractivity contribution in [2.75, 3.05) is 0 Å². The number of hydrogen-bond donors (Lipinski definition) is 1. The molecule has 0 radical (unpaired) electrons. The van der Waals surface area contributed by atoms with Gasteiger partial charge in [-0.25, -0.2) is 0 Å². The van der Waals surface area contributed by atoms with E-state index in [1.54, 1.807) is 10.9 Å². The second-order valence-electron chi connectivity index (χ2n) is 4.72. The Morgan fingerprint density at radius 3 is 2.89 bits per heavy atom. The highest BCUT2D eigenvalue weighted by Gasteiger charge is 2.42. The highest BCUT2D eigenvalue weighted by molar-refractivity contribution is 5.09. The number of aryl methyl sites for hydroxylation is 1. The number of hydrogen-bond acceptors (Lipinski definition) is 2. The number of aromatic nitrogens is 2. The Morgan fingerprint density at radius 1 is 1.44 bits per heavy atom. The van der Waals surface area contributed by atoms with E-state index in [9.17, 15) is 13.2 Å². The maximum Gasteiger partial charge on any atom is 0.403 e. The third-order valence-corrected chi connectivity index (χ3v) is 3.32. The van der Waals surface area contributed by atoms with Crippen molar-refractivity contribution < 1.29 is 13.2 Å². The molecule has 6 heteroatoms. The maximum absolute atomic E-state index is 12.7. The summed E-state index contributed by atoms with van der Waals surface area (Å²) in [5.74, 6) is 0. The van der Waals surface area contributed by atoms with Gasteiger partial charge in [0.05, 0.1) is 5.69 Å². The Hall–Kier alpha value is -1.04. The summed E-state index contributed by atoms with van der Waals surface area (Å²) in [7, 11) is 0. The number of rotatable bonds is 3. The van der Waals surface area contributed by atoms with Crippen molar-refractivity contribution in [2.45, 2.75) is 57.4 Å². The van der Waals surface area contributed by atoms with Crippen molar-refractivity contribution in [2.24, 2.45) is 0 Å². The number of nitrogens with zero attached hydrogens (tertiary/aromatic N) is 2. The van der Waals surface area contributed by atoms with Crippen molar-refractivity contribution in [3.05, 3.63) is 18.0 Å². The molecule has 102 valence electrons. The molecule has 1 aromatic heterocycles. The van der Waals surface area contributed by atoms with Crippen LogP contribution >= 0.6 is 0 Å². The first kappa shape index (κ1) is 13.4. The van der Waals surface area contributed by atoms with Crippen molar-refractivity contribution in [1.29, 1.82) is 0 Å². The molecular weight excluding hydrogens is 243 g/mol. The summed E-state index contributed by atoms with van der Waals surface area (Å²) in [5.41, 5.74) is 0.866. The minimum atomic E-state index is -4.16. The van der Waals surface area contributed by atoms with Gasteiger partial charge in [0, 0.05) is 18.8 Å². The first-order valence-electron chi connectivity index (χ1n) is 6.37. The third kappa shape index (κ3) is 2.85. The number of piperidine rings is 1. The molecule has 0 saturated carbocycles. The smallest absolute Gasteiger partial charge is 0.298 e. The summed E-state index contributed by atoms with van der Waals surface area (Å²) < 4.78 is 40.0. The van der Waals surface area contributed by atoms with Crippen LogP contribution in [-0.2, 0) is 6.54 Å². The van der Waals surface area contributed by atoms with E-state index < -0.39 is 12.2 Å². The molecule has 1 saturated heterocycles. The Kier molecular flexibility index (Phi) is 3.94. The second-order valence-corrected chi connectivity index (χ2v) is 4.72. The molecule has 18 heavy (non-hydrogen) atoms. The van der Waals surface area contributed by atoms with Crippen LogP contribution in [0.15, 0.2) is 12.3 Å². The SMILES string of the molecule is CCCn1nccc1C1CCCC(C(F)(F)F)N1. The summed E-state index contributed by atoms with van der Waals surface area (Å²) in [5, 5.41) is 6.87. The van der Waals surface area contributed by atoms with E-state index in [0.29, 0.717) is 6.42 Å². The third-order valence-electron chi connectivity index (χ3n) is 3.32. The normalized spacial score (nSPS) is 25.3. The van der Waals surface area contributed by atoms with Crippen molar-refractivity contribution in [3.63, 3.8) is 0 Å². The van der Waals surface area contributed by atoms with Crippen LogP contribution in [0.3, 0.4) is 0 Å². The molecule has 1 aliphatic rings. The van der Waals surface area contributed by atoms with Gasteiger partial charge in [-0.1, -0.05) is 6.92 Å². The molecule has 0 aromatic carbocycles. The van der Waals surface area contributed by atoms with Gasteiger partial charge in [0.25, 0.3) is 0 Å². The van der Waals surface area contributed by atoms with Crippen LogP contribution in [-0.4, -0.2) is 22.0 Å². The number of alkyl halides is 3. The average molecular weight is 261 g/mol. The van der Waals surface area contributed by atoms with Gasteiger partial charge >= 0.3 is 6.18 Å². The average Bonchev–Trinajstić information content (AvgIpc) is 2.77. The van der Waals surface area contributed by atoms with Crippen LogP contribution in [0.4, 0.5) is 13.2 Å². The van der Waals surface area contributed by atoms with Crippen molar-refractivity contribution in [1.82, 2.24) is 15.1 Å². The van der Waals surface area contributed by atoms with E-state index >= 15 is 0 Å². The minimum Gasteiger partial charge on any atom is -0.298 e. The van der Waals surface area contributed by atoms with E-state index in [0.717, 1.165) is 25.1 Å². The summed E-state index contributed by atoms with van der Waals surface area (Å²) in [6.45, 7) is 2.77. The fraction of sp³-hybridized carbons (Fsp3) is 0.750. The van der Waals surface area contributed by atoms with Crippen molar-refractivity contribution >= 4 is 0 Å². The van der Waals surface area contributed by atoms with Crippen LogP contribution in [0, 0.1) is 0 Å². The standard InChI is InChI=1S/C12H18F3N3/c1-2-8-18-10(6-7-16-18)9-4-3-5-11(17-9)12(13,14)15/h6-7,9,11,17H,2-5,8H2,1H3. The predicted octanol–water partition coefficient (Wildman–Crippen LogP) is 3.04. The predicted molar refractivity (Wildman–Crippen MR) is 62.1 cm³/mol. The molecule has 3 nitrogen and oxygen atoms in total. The molecule has 1 N–H and O–H groups in total. The van der Waals surface area contributed by atoms with Gasteiger partial charge in [-0.15, -0.1) is 0 Å². The Labute approximate surface area is 104 Å². The summed E-state index contributed by atoms with van der Waals surface area (Å²) >= 11 is 0. The lowest BCUT2D eigenvalue weighted by molar-refractivity contribution is -0.163. The quantitative estimate of drug-likeness (QED) is 0.906. The first-order valence-corrected chi connectivity index (χ1v) is 6.37. The molecule has 1 aliphatic heterocycles. The molecule has 1 fully saturated rings. The van der Waals surface area contributed by atoms with Crippen LogP contribution in [0.5, 0.6) is 0 Å². The van der Waals surface area contributed by atoms with E-state index in [2.05, 4.69) is 10.4 Å². The van der Waals surface area contributed by atoms with Crippen LogP contribution in [0.2, 0.25) is 0 Å². The molecule has 0 bridgehead atoms. The lowest BCUT2D eigenvalue weighted by Gasteiger charge is -2.32. The fourth-order valence-corrected chi connectivity index (χ4v) is 2.46. The van der Waals surface area contributed by atoms with Gasteiger partial charge in [-0.3, -0.25) is 10.00 Å². The van der Waals surface area contributed by atoms with Crippen LogP contribution in [0.25, 0.3) is 0 Å². The zero-order valence-electron chi connectivity index (χ0n) is 10.4. The minimum absolute atomic E-state index is 0.169. The van der Waals surface area contributed by atoms with E-state index in [1.807, 2.05) is 13.0 Å². The topological polar surface area (TPSA) is 29.9 Å². The Morgan fingerprint density at radius 2 is 2.22 bits per heavy atom. The summed E-state index contributed by atoms with van der Waals surface area (Å²) in [6.07, 6.45) is -0.0781. The van der Waals surface area contributed by atoms with Gasteiger partial charge in [0.1, 0.15) is 6.04 Å². The molecular formula is C12H18F3N3. The van der Waals surface area contributed by atoms with E-state index in [1.165, 1.54) is 0 Å². The lowest BCUT2D eigenvalue weighted by Crippen LogP contribution is -2.47. The molecule has 0 amide bonds. The highest BCUT2D eigenvalue weighted by atomic mass is 19.4. The largest absolute Gasteiger partial charge is 0.403 e. The summed E-state index contributed by atoms with van der Waals surface area (Å²) in [4.78, 5) is 0. The monoisotopic (exact) mass is 261 g/mol. The molecule has 2 rings (SSSR count). The van der Waals surface area contributed by atoms with Gasteiger partial charge in [-0.2, -0.15) is 18.3 Å². The molecule has 2 heterocycles. The van der Waals surface area contributed by atoms with Crippen molar-refractivity contribution in [3.8, 4) is 0 Å². The van der Waals surface area contributed by atoms with Gasteiger partial charge < -0.3 is 0 Å². The van der Waals surface area contributed by atoms with E-state index in [-0.39, 0.29) is 12.5 Å². The first-order chi connectivity index (χ1) is 8.52. The molecule has 2 unspecified atom stereocenters. The number of halogens is 3. The van der Waals surface area contributed by atoms with Gasteiger partial charge in [0.15, 0.2) is 0 Å². The lowest BCUT2D eigenvalue weighted by atomic mass is 9.96. The van der Waals surface area contributed by atoms with Gasteiger partial charge in [-0.05, 0) is 31.7 Å². The zero-order chi connectivity index (χ0) is 13.2. The molecule has 0 aliphatic carbocycles. The molecule has 0 spiro atoms. The fourth-order valence-electron chi connectivity index (χ4n) is 2.46.